The first-order valence-corrected chi connectivity index (χ1v) is 9.67. The average Bonchev–Trinajstić information content (AvgIpc) is 3.04. The highest BCUT2D eigenvalue weighted by Gasteiger charge is 2.31. The van der Waals surface area contributed by atoms with E-state index in [1.165, 1.54) is 6.07 Å². The molecule has 146 valence electrons. The zero-order valence-corrected chi connectivity index (χ0v) is 15.7. The van der Waals surface area contributed by atoms with Crippen LogP contribution in [0.1, 0.15) is 35.4 Å². The topological polar surface area (TPSA) is 58.1 Å². The quantitative estimate of drug-likeness (QED) is 0.836. The first-order chi connectivity index (χ1) is 12.8. The molecule has 3 heterocycles. The highest BCUT2D eigenvalue weighted by molar-refractivity contribution is 7.09. The lowest BCUT2D eigenvalue weighted by Crippen LogP contribution is -2.48. The maximum absolute atomic E-state index is 12.7. The monoisotopic (exact) mass is 398 g/mol. The Balaban J connectivity index is 1.53. The molecule has 1 atom stereocenters. The van der Waals surface area contributed by atoms with E-state index >= 15 is 0 Å². The van der Waals surface area contributed by atoms with E-state index in [4.69, 9.17) is 0 Å². The van der Waals surface area contributed by atoms with E-state index in [2.05, 4.69) is 15.3 Å². The Hall–Kier alpha value is -2.16. The van der Waals surface area contributed by atoms with Gasteiger partial charge in [-0.15, -0.1) is 11.3 Å². The smallest absolute Gasteiger partial charge is 0.355 e. The van der Waals surface area contributed by atoms with E-state index in [-0.39, 0.29) is 11.9 Å². The number of piperidine rings is 1. The number of thiazole rings is 1. The van der Waals surface area contributed by atoms with E-state index in [1.807, 2.05) is 11.8 Å². The van der Waals surface area contributed by atoms with Crippen molar-refractivity contribution in [3.8, 4) is 0 Å². The molecule has 0 radical (unpaired) electrons. The minimum absolute atomic E-state index is 0.0185. The number of aryl methyl sites for hydroxylation is 2. The Morgan fingerprint density at radius 2 is 2.19 bits per heavy atom. The van der Waals surface area contributed by atoms with Crippen LogP contribution < -0.4 is 10.2 Å². The highest BCUT2D eigenvalue weighted by Crippen LogP contribution is 2.29. The second-order valence-electron chi connectivity index (χ2n) is 6.62. The molecule has 1 fully saturated rings. The molecule has 0 bridgehead atoms. The lowest BCUT2D eigenvalue weighted by atomic mass is 10.1. The Morgan fingerprint density at radius 3 is 2.81 bits per heavy atom. The van der Waals surface area contributed by atoms with Gasteiger partial charge in [-0.2, -0.15) is 13.2 Å². The van der Waals surface area contributed by atoms with E-state index in [9.17, 15) is 18.0 Å². The molecule has 3 rings (SSSR count). The summed E-state index contributed by atoms with van der Waals surface area (Å²) in [6.07, 6.45) is -0.767. The van der Waals surface area contributed by atoms with Crippen molar-refractivity contribution in [3.05, 3.63) is 40.0 Å². The molecule has 0 spiro atoms. The maximum Gasteiger partial charge on any atom is 0.417 e. The van der Waals surface area contributed by atoms with Gasteiger partial charge in [-0.25, -0.2) is 9.97 Å². The van der Waals surface area contributed by atoms with Gasteiger partial charge in [0.25, 0.3) is 0 Å². The lowest BCUT2D eigenvalue weighted by Gasteiger charge is -2.34. The number of nitrogens with one attached hydrogen (secondary N) is 1. The predicted molar refractivity (Wildman–Crippen MR) is 97.8 cm³/mol. The molecule has 0 saturated carbocycles. The zero-order chi connectivity index (χ0) is 19.4. The largest absolute Gasteiger partial charge is 0.417 e. The molecular weight excluding hydrogens is 377 g/mol. The summed E-state index contributed by atoms with van der Waals surface area (Å²) in [5, 5.41) is 3.03. The number of carbonyl (C=O) groups excluding carboxylic acids is 1. The molecule has 1 aliphatic heterocycles. The summed E-state index contributed by atoms with van der Waals surface area (Å²) in [6, 6.07) is 2.40. The molecule has 27 heavy (non-hydrogen) atoms. The number of hydrogen-bond acceptors (Lipinski definition) is 5. The fourth-order valence-corrected chi connectivity index (χ4v) is 3.92. The fraction of sp³-hybridized carbons (Fsp3) is 0.500. The molecule has 0 aliphatic carbocycles. The fourth-order valence-electron chi connectivity index (χ4n) is 3.14. The van der Waals surface area contributed by atoms with E-state index in [0.717, 1.165) is 35.7 Å². The van der Waals surface area contributed by atoms with E-state index in [0.29, 0.717) is 31.7 Å². The average molecular weight is 398 g/mol. The van der Waals surface area contributed by atoms with Gasteiger partial charge in [0.15, 0.2) is 0 Å². The summed E-state index contributed by atoms with van der Waals surface area (Å²) in [4.78, 5) is 23.4. The molecule has 2 aromatic heterocycles. The Bertz CT molecular complexity index is 776. The van der Waals surface area contributed by atoms with Crippen molar-refractivity contribution in [1.29, 1.82) is 0 Å². The Labute approximate surface area is 159 Å². The van der Waals surface area contributed by atoms with Crippen molar-refractivity contribution in [2.24, 2.45) is 0 Å². The number of alkyl halides is 3. The Morgan fingerprint density at radius 1 is 1.37 bits per heavy atom. The second-order valence-corrected chi connectivity index (χ2v) is 7.56. The third kappa shape index (κ3) is 5.18. The van der Waals surface area contributed by atoms with Crippen molar-refractivity contribution in [3.63, 3.8) is 0 Å². The number of carbonyl (C=O) groups is 1. The van der Waals surface area contributed by atoms with Crippen molar-refractivity contribution < 1.29 is 18.0 Å². The van der Waals surface area contributed by atoms with Gasteiger partial charge in [0.1, 0.15) is 5.82 Å². The van der Waals surface area contributed by atoms with Crippen molar-refractivity contribution in [1.82, 2.24) is 15.3 Å². The minimum Gasteiger partial charge on any atom is -0.355 e. The first-order valence-electron chi connectivity index (χ1n) is 8.79. The van der Waals surface area contributed by atoms with E-state index < -0.39 is 11.7 Å². The lowest BCUT2D eigenvalue weighted by molar-refractivity contribution is -0.137. The number of nitrogens with zero attached hydrogens (tertiary/aromatic N) is 3. The standard InChI is InChI=1S/C18H21F3N4OS/c1-12-15(27-11-23-12)5-7-17(26)24-14-3-2-8-25(10-14)16-6-4-13(9-22-16)18(19,20)21/h4,6,9,11,14H,2-3,5,7-8,10H2,1H3,(H,24,26)/t14-/m0/s1. The molecule has 1 aliphatic rings. The zero-order valence-electron chi connectivity index (χ0n) is 14.9. The number of hydrogen-bond donors (Lipinski definition) is 1. The number of aromatic nitrogens is 2. The second kappa shape index (κ2) is 8.24. The molecule has 1 amide bonds. The summed E-state index contributed by atoms with van der Waals surface area (Å²) in [5.74, 6) is 0.484. The number of pyridine rings is 1. The van der Waals surface area contributed by atoms with Crippen LogP contribution in [0.15, 0.2) is 23.8 Å². The van der Waals surface area contributed by atoms with Crippen LogP contribution in [0, 0.1) is 6.92 Å². The van der Waals surface area contributed by atoms with Gasteiger partial charge in [-0.05, 0) is 38.3 Å². The van der Waals surface area contributed by atoms with Crippen LogP contribution in [0.5, 0.6) is 0 Å². The molecule has 1 N–H and O–H groups in total. The van der Waals surface area contributed by atoms with Crippen molar-refractivity contribution >= 4 is 23.1 Å². The normalized spacial score (nSPS) is 17.8. The first kappa shape index (κ1) is 19.6. The molecule has 0 aromatic carbocycles. The van der Waals surface area contributed by atoms with Crippen LogP contribution in [0.2, 0.25) is 0 Å². The van der Waals surface area contributed by atoms with Gasteiger partial charge in [-0.1, -0.05) is 0 Å². The van der Waals surface area contributed by atoms with Crippen molar-refractivity contribution in [2.45, 2.75) is 44.8 Å². The number of halogens is 3. The van der Waals surface area contributed by atoms with Crippen LogP contribution in [0.4, 0.5) is 19.0 Å². The van der Waals surface area contributed by atoms with Crippen molar-refractivity contribution in [2.75, 3.05) is 18.0 Å². The summed E-state index contributed by atoms with van der Waals surface area (Å²) in [5.41, 5.74) is 1.98. The molecule has 0 unspecified atom stereocenters. The molecule has 5 nitrogen and oxygen atoms in total. The van der Waals surface area contributed by atoms with Crippen LogP contribution in [0.25, 0.3) is 0 Å². The number of anilines is 1. The predicted octanol–water partition coefficient (Wildman–Crippen LogP) is 3.58. The van der Waals surface area contributed by atoms with Crippen LogP contribution in [0.3, 0.4) is 0 Å². The summed E-state index contributed by atoms with van der Waals surface area (Å²) in [6.45, 7) is 3.19. The summed E-state index contributed by atoms with van der Waals surface area (Å²) < 4.78 is 38.0. The number of rotatable bonds is 5. The third-order valence-corrected chi connectivity index (χ3v) is 5.60. The third-order valence-electron chi connectivity index (χ3n) is 4.61. The van der Waals surface area contributed by atoms with Gasteiger partial charge in [-0.3, -0.25) is 4.79 Å². The van der Waals surface area contributed by atoms with Crippen LogP contribution >= 0.6 is 11.3 Å². The van der Waals surface area contributed by atoms with Gasteiger partial charge < -0.3 is 10.2 Å². The number of amides is 1. The molecule has 9 heteroatoms. The molecular formula is C18H21F3N4OS. The van der Waals surface area contributed by atoms with Gasteiger partial charge >= 0.3 is 6.18 Å². The Kier molecular flexibility index (Phi) is 5.98. The van der Waals surface area contributed by atoms with Gasteiger partial charge in [0.05, 0.1) is 16.8 Å². The van der Waals surface area contributed by atoms with Gasteiger partial charge in [0, 0.05) is 36.6 Å². The maximum atomic E-state index is 12.7. The minimum atomic E-state index is -4.39. The summed E-state index contributed by atoms with van der Waals surface area (Å²) >= 11 is 1.55. The molecule has 1 saturated heterocycles. The molecule has 2 aromatic rings. The summed E-state index contributed by atoms with van der Waals surface area (Å²) in [7, 11) is 0. The van der Waals surface area contributed by atoms with E-state index in [1.54, 1.807) is 16.8 Å². The van der Waals surface area contributed by atoms with Gasteiger partial charge in [0.2, 0.25) is 5.91 Å². The highest BCUT2D eigenvalue weighted by atomic mass is 32.1. The van der Waals surface area contributed by atoms with Crippen LogP contribution in [-0.4, -0.2) is 35.0 Å². The van der Waals surface area contributed by atoms with Crippen LogP contribution in [-0.2, 0) is 17.4 Å². The SMILES string of the molecule is Cc1ncsc1CCC(=O)N[C@H]1CCCN(c2ccc(C(F)(F)F)cn2)C1.